The Balaban J connectivity index is 3.20. The lowest BCUT2D eigenvalue weighted by Gasteiger charge is -2.33. The number of hydrogen-bond donors (Lipinski definition) is 1. The Labute approximate surface area is 106 Å². The molecule has 0 radical (unpaired) electrons. The standard InChI is InChI=1S/C13H18FNO3/c1-8(2)11(12(16)18-4)13(3,17)9-5-10(14)7-15-6-9/h5-8,11,17H,1-4H3. The number of ether oxygens (including phenoxy) is 1. The molecule has 2 atom stereocenters. The maximum atomic E-state index is 13.2. The second-order valence-electron chi connectivity index (χ2n) is 4.78. The second kappa shape index (κ2) is 5.44. The average Bonchev–Trinajstić information content (AvgIpc) is 2.28. The van der Waals surface area contributed by atoms with E-state index in [9.17, 15) is 14.3 Å². The van der Waals surface area contributed by atoms with Gasteiger partial charge in [0.15, 0.2) is 0 Å². The molecule has 0 aliphatic carbocycles. The minimum Gasteiger partial charge on any atom is -0.469 e. The van der Waals surface area contributed by atoms with E-state index >= 15 is 0 Å². The molecule has 0 aliphatic heterocycles. The summed E-state index contributed by atoms with van der Waals surface area (Å²) in [5, 5.41) is 10.5. The fourth-order valence-electron chi connectivity index (χ4n) is 2.15. The van der Waals surface area contributed by atoms with Gasteiger partial charge in [-0.3, -0.25) is 9.78 Å². The number of rotatable bonds is 4. The third-order valence-electron chi connectivity index (χ3n) is 3.02. The van der Waals surface area contributed by atoms with E-state index < -0.39 is 23.3 Å². The number of methoxy groups -OCH3 is 1. The molecular weight excluding hydrogens is 237 g/mol. The van der Waals surface area contributed by atoms with Gasteiger partial charge in [-0.15, -0.1) is 0 Å². The third kappa shape index (κ3) is 2.85. The van der Waals surface area contributed by atoms with Gasteiger partial charge in [0.1, 0.15) is 11.4 Å². The summed E-state index contributed by atoms with van der Waals surface area (Å²) >= 11 is 0. The minimum absolute atomic E-state index is 0.157. The number of carbonyl (C=O) groups excluding carboxylic acids is 1. The molecule has 0 bridgehead atoms. The van der Waals surface area contributed by atoms with Crippen LogP contribution in [0.4, 0.5) is 4.39 Å². The molecule has 100 valence electrons. The van der Waals surface area contributed by atoms with Crippen molar-refractivity contribution in [3.8, 4) is 0 Å². The van der Waals surface area contributed by atoms with E-state index in [0.717, 1.165) is 6.20 Å². The highest BCUT2D eigenvalue weighted by Crippen LogP contribution is 2.35. The number of esters is 1. The highest BCUT2D eigenvalue weighted by atomic mass is 19.1. The number of aliphatic hydroxyl groups is 1. The van der Waals surface area contributed by atoms with Crippen LogP contribution in [-0.4, -0.2) is 23.2 Å². The molecule has 1 aromatic heterocycles. The number of pyridine rings is 1. The Morgan fingerprint density at radius 1 is 1.50 bits per heavy atom. The Morgan fingerprint density at radius 3 is 2.56 bits per heavy atom. The van der Waals surface area contributed by atoms with Crippen molar-refractivity contribution in [2.45, 2.75) is 26.4 Å². The van der Waals surface area contributed by atoms with Crippen LogP contribution in [0.2, 0.25) is 0 Å². The van der Waals surface area contributed by atoms with Crippen molar-refractivity contribution in [3.05, 3.63) is 29.8 Å². The second-order valence-corrected chi connectivity index (χ2v) is 4.78. The highest BCUT2D eigenvalue weighted by Gasteiger charge is 2.42. The summed E-state index contributed by atoms with van der Waals surface area (Å²) in [6.45, 7) is 5.05. The monoisotopic (exact) mass is 255 g/mol. The Hall–Kier alpha value is -1.49. The first-order valence-corrected chi connectivity index (χ1v) is 5.72. The maximum Gasteiger partial charge on any atom is 0.312 e. The van der Waals surface area contributed by atoms with E-state index in [-0.39, 0.29) is 11.5 Å². The molecular formula is C13H18FNO3. The smallest absolute Gasteiger partial charge is 0.312 e. The van der Waals surface area contributed by atoms with Gasteiger partial charge in [-0.05, 0) is 18.9 Å². The van der Waals surface area contributed by atoms with Crippen LogP contribution in [0.15, 0.2) is 18.5 Å². The first-order valence-electron chi connectivity index (χ1n) is 5.72. The van der Waals surface area contributed by atoms with Crippen LogP contribution >= 0.6 is 0 Å². The van der Waals surface area contributed by atoms with Crippen LogP contribution in [0.3, 0.4) is 0 Å². The summed E-state index contributed by atoms with van der Waals surface area (Å²) in [4.78, 5) is 15.5. The molecule has 0 saturated heterocycles. The van der Waals surface area contributed by atoms with Crippen LogP contribution in [-0.2, 0) is 15.1 Å². The number of nitrogens with zero attached hydrogens (tertiary/aromatic N) is 1. The van der Waals surface area contributed by atoms with Crippen molar-refractivity contribution in [2.24, 2.45) is 11.8 Å². The van der Waals surface area contributed by atoms with Gasteiger partial charge in [-0.2, -0.15) is 0 Å². The molecule has 0 aromatic carbocycles. The predicted molar refractivity (Wildman–Crippen MR) is 64.1 cm³/mol. The van der Waals surface area contributed by atoms with Crippen molar-refractivity contribution in [3.63, 3.8) is 0 Å². The van der Waals surface area contributed by atoms with Crippen LogP contribution in [0.5, 0.6) is 0 Å². The van der Waals surface area contributed by atoms with E-state index in [4.69, 9.17) is 4.74 Å². The molecule has 0 fully saturated rings. The predicted octanol–water partition coefficient (Wildman–Crippen LogP) is 1.87. The van der Waals surface area contributed by atoms with Gasteiger partial charge < -0.3 is 9.84 Å². The van der Waals surface area contributed by atoms with Gasteiger partial charge in [0, 0.05) is 11.8 Å². The Morgan fingerprint density at radius 2 is 2.11 bits per heavy atom. The molecule has 18 heavy (non-hydrogen) atoms. The van der Waals surface area contributed by atoms with E-state index in [1.165, 1.54) is 26.3 Å². The first kappa shape index (κ1) is 14.6. The Bertz CT molecular complexity index is 432. The topological polar surface area (TPSA) is 59.4 Å². The van der Waals surface area contributed by atoms with E-state index in [2.05, 4.69) is 4.98 Å². The van der Waals surface area contributed by atoms with E-state index in [1.807, 2.05) is 0 Å². The van der Waals surface area contributed by atoms with Crippen molar-refractivity contribution < 1.29 is 19.0 Å². The quantitative estimate of drug-likeness (QED) is 0.834. The molecule has 0 spiro atoms. The number of aromatic nitrogens is 1. The molecule has 1 rings (SSSR count). The first-order chi connectivity index (χ1) is 8.30. The van der Waals surface area contributed by atoms with Gasteiger partial charge in [0.2, 0.25) is 0 Å². The summed E-state index contributed by atoms with van der Waals surface area (Å²) in [6.07, 6.45) is 2.39. The molecule has 0 aliphatic rings. The lowest BCUT2D eigenvalue weighted by Crippen LogP contribution is -2.41. The van der Waals surface area contributed by atoms with Gasteiger partial charge in [0.05, 0.1) is 19.2 Å². The average molecular weight is 255 g/mol. The normalized spacial score (nSPS) is 16.2. The number of carbonyl (C=O) groups is 1. The highest BCUT2D eigenvalue weighted by molar-refractivity contribution is 5.74. The number of halogens is 1. The van der Waals surface area contributed by atoms with Crippen molar-refractivity contribution in [2.75, 3.05) is 7.11 Å². The van der Waals surface area contributed by atoms with Crippen molar-refractivity contribution in [1.82, 2.24) is 4.98 Å². The molecule has 2 unspecified atom stereocenters. The molecule has 0 amide bonds. The molecule has 1 heterocycles. The summed E-state index contributed by atoms with van der Waals surface area (Å²) in [7, 11) is 1.26. The van der Waals surface area contributed by atoms with E-state index in [0.29, 0.717) is 0 Å². The Kier molecular flexibility index (Phi) is 4.40. The molecule has 5 heteroatoms. The molecule has 1 N–H and O–H groups in total. The molecule has 4 nitrogen and oxygen atoms in total. The largest absolute Gasteiger partial charge is 0.469 e. The van der Waals surface area contributed by atoms with Gasteiger partial charge in [-0.1, -0.05) is 13.8 Å². The SMILES string of the molecule is COC(=O)C(C(C)C)C(C)(O)c1cncc(F)c1. The van der Waals surface area contributed by atoms with E-state index in [1.54, 1.807) is 13.8 Å². The molecule has 1 aromatic rings. The van der Waals surface area contributed by atoms with Crippen LogP contribution in [0.1, 0.15) is 26.3 Å². The summed E-state index contributed by atoms with van der Waals surface area (Å²) in [5.74, 6) is -2.03. The third-order valence-corrected chi connectivity index (χ3v) is 3.02. The van der Waals surface area contributed by atoms with Crippen LogP contribution < -0.4 is 0 Å². The lowest BCUT2D eigenvalue weighted by molar-refractivity contribution is -0.159. The summed E-state index contributed by atoms with van der Waals surface area (Å²) in [5.41, 5.74) is -1.28. The van der Waals surface area contributed by atoms with Gasteiger partial charge in [-0.25, -0.2) is 4.39 Å². The zero-order valence-electron chi connectivity index (χ0n) is 11.0. The fraction of sp³-hybridized carbons (Fsp3) is 0.538. The maximum absolute atomic E-state index is 13.2. The lowest BCUT2D eigenvalue weighted by atomic mass is 9.77. The summed E-state index contributed by atoms with van der Waals surface area (Å²) in [6, 6.07) is 1.17. The van der Waals surface area contributed by atoms with Crippen molar-refractivity contribution in [1.29, 1.82) is 0 Å². The summed E-state index contributed by atoms with van der Waals surface area (Å²) < 4.78 is 17.9. The zero-order valence-corrected chi connectivity index (χ0v) is 11.0. The van der Waals surface area contributed by atoms with Gasteiger partial charge in [0.25, 0.3) is 0 Å². The van der Waals surface area contributed by atoms with Crippen molar-refractivity contribution >= 4 is 5.97 Å². The van der Waals surface area contributed by atoms with Crippen LogP contribution in [0, 0.1) is 17.7 Å². The fourth-order valence-corrected chi connectivity index (χ4v) is 2.15. The van der Waals surface area contributed by atoms with Crippen LogP contribution in [0.25, 0.3) is 0 Å². The van der Waals surface area contributed by atoms with Gasteiger partial charge >= 0.3 is 5.97 Å². The zero-order chi connectivity index (χ0) is 13.9. The minimum atomic E-state index is -1.53. The number of hydrogen-bond acceptors (Lipinski definition) is 4. The molecule has 0 saturated carbocycles.